The molecule has 1 saturated heterocycles. The molecule has 0 amide bonds. The van der Waals surface area contributed by atoms with Crippen molar-refractivity contribution in [3.63, 3.8) is 0 Å². The first-order valence-electron chi connectivity index (χ1n) is 7.03. The van der Waals surface area contributed by atoms with Crippen molar-refractivity contribution in [1.82, 2.24) is 9.88 Å². The fourth-order valence-electron chi connectivity index (χ4n) is 3.14. The van der Waals surface area contributed by atoms with Crippen LogP contribution in [0.15, 0.2) is 36.5 Å². The number of nitrogens with zero attached hydrogens (tertiary/aromatic N) is 2. The van der Waals surface area contributed by atoms with Gasteiger partial charge in [-0.1, -0.05) is 12.1 Å². The zero-order valence-electron chi connectivity index (χ0n) is 11.6. The number of hydrogen-bond acceptors (Lipinski definition) is 3. The fraction of sp³-hybridized carbons (Fsp3) is 0.438. The van der Waals surface area contributed by atoms with E-state index in [1.54, 1.807) is 0 Å². The number of likely N-dealkylation sites (tertiary alicyclic amines) is 1. The fourth-order valence-corrected chi connectivity index (χ4v) is 3.14. The van der Waals surface area contributed by atoms with Crippen molar-refractivity contribution in [2.24, 2.45) is 5.73 Å². The van der Waals surface area contributed by atoms with Crippen LogP contribution in [-0.4, -0.2) is 28.5 Å². The predicted octanol–water partition coefficient (Wildman–Crippen LogP) is 2.72. The summed E-state index contributed by atoms with van der Waals surface area (Å²) in [5, 5.41) is 1.20. The highest BCUT2D eigenvalue weighted by Crippen LogP contribution is 2.33. The van der Waals surface area contributed by atoms with Crippen molar-refractivity contribution in [3.8, 4) is 0 Å². The largest absolute Gasteiger partial charge is 0.326 e. The summed E-state index contributed by atoms with van der Waals surface area (Å²) >= 11 is 0. The lowest BCUT2D eigenvalue weighted by atomic mass is 9.98. The van der Waals surface area contributed by atoms with Crippen LogP contribution < -0.4 is 5.73 Å². The molecular formula is C16H21N3. The summed E-state index contributed by atoms with van der Waals surface area (Å²) in [5.41, 5.74) is 8.69. The third kappa shape index (κ3) is 2.24. The minimum atomic E-state index is 0.233. The van der Waals surface area contributed by atoms with Crippen LogP contribution in [0.3, 0.4) is 0 Å². The molecule has 2 heterocycles. The van der Waals surface area contributed by atoms with Gasteiger partial charge < -0.3 is 5.73 Å². The molecule has 1 aromatic heterocycles. The molecule has 2 aromatic rings. The molecule has 1 aliphatic rings. The molecule has 0 saturated carbocycles. The molecule has 19 heavy (non-hydrogen) atoms. The van der Waals surface area contributed by atoms with E-state index in [-0.39, 0.29) is 6.04 Å². The molecule has 0 bridgehead atoms. The van der Waals surface area contributed by atoms with Crippen LogP contribution in [0.5, 0.6) is 0 Å². The molecule has 3 heteroatoms. The molecule has 0 radical (unpaired) electrons. The quantitative estimate of drug-likeness (QED) is 0.897. The maximum absolute atomic E-state index is 6.33. The summed E-state index contributed by atoms with van der Waals surface area (Å²) in [6.45, 7) is 5.58. The molecule has 2 N–H and O–H groups in total. The van der Waals surface area contributed by atoms with Gasteiger partial charge in [-0.15, -0.1) is 0 Å². The lowest BCUT2D eigenvalue weighted by molar-refractivity contribution is 0.198. The predicted molar refractivity (Wildman–Crippen MR) is 78.9 cm³/mol. The molecule has 0 spiro atoms. The molecule has 1 aromatic carbocycles. The Morgan fingerprint density at radius 2 is 2.16 bits per heavy atom. The standard InChI is InChI=1S/C16H21N3/c1-11(2)19-9-7-14(17)16(19)13-5-6-15-12(10-13)4-3-8-18-15/h3-6,8,10-11,14,16H,7,9,17H2,1-2H3. The number of nitrogens with two attached hydrogens (primary N) is 1. The van der Waals surface area contributed by atoms with E-state index in [2.05, 4.69) is 48.0 Å². The lowest BCUT2D eigenvalue weighted by Gasteiger charge is -2.30. The topological polar surface area (TPSA) is 42.1 Å². The maximum Gasteiger partial charge on any atom is 0.0702 e. The normalized spacial score (nSPS) is 24.4. The van der Waals surface area contributed by atoms with Gasteiger partial charge in [0.15, 0.2) is 0 Å². The number of rotatable bonds is 2. The summed E-state index contributed by atoms with van der Waals surface area (Å²) in [5.74, 6) is 0. The number of aromatic nitrogens is 1. The second-order valence-corrected chi connectivity index (χ2v) is 5.68. The Kier molecular flexibility index (Phi) is 3.25. The Bertz CT molecular complexity index is 579. The second kappa shape index (κ2) is 4.91. The number of fused-ring (bicyclic) bond motifs is 1. The van der Waals surface area contributed by atoms with Crippen LogP contribution in [0.1, 0.15) is 31.9 Å². The van der Waals surface area contributed by atoms with E-state index in [0.29, 0.717) is 12.1 Å². The van der Waals surface area contributed by atoms with Crippen LogP contribution in [-0.2, 0) is 0 Å². The average molecular weight is 255 g/mol. The van der Waals surface area contributed by atoms with Crippen LogP contribution in [0.2, 0.25) is 0 Å². The summed E-state index contributed by atoms with van der Waals surface area (Å²) < 4.78 is 0. The van der Waals surface area contributed by atoms with Crippen LogP contribution >= 0.6 is 0 Å². The molecule has 100 valence electrons. The molecule has 0 aliphatic carbocycles. The molecule has 2 atom stereocenters. The highest BCUT2D eigenvalue weighted by atomic mass is 15.2. The average Bonchev–Trinajstić information content (AvgIpc) is 2.80. The lowest BCUT2D eigenvalue weighted by Crippen LogP contribution is -2.35. The number of pyridine rings is 1. The van der Waals surface area contributed by atoms with Gasteiger partial charge in [0.1, 0.15) is 0 Å². The van der Waals surface area contributed by atoms with E-state index in [0.717, 1.165) is 18.5 Å². The first kappa shape index (κ1) is 12.6. The third-order valence-corrected chi connectivity index (χ3v) is 4.12. The molecular weight excluding hydrogens is 234 g/mol. The Morgan fingerprint density at radius 1 is 1.32 bits per heavy atom. The minimum absolute atomic E-state index is 0.233. The molecule has 3 nitrogen and oxygen atoms in total. The van der Waals surface area contributed by atoms with Gasteiger partial charge in [0.25, 0.3) is 0 Å². The van der Waals surface area contributed by atoms with E-state index in [9.17, 15) is 0 Å². The second-order valence-electron chi connectivity index (χ2n) is 5.68. The Balaban J connectivity index is 2.02. The van der Waals surface area contributed by atoms with Gasteiger partial charge in [-0.05, 0) is 44.0 Å². The van der Waals surface area contributed by atoms with Gasteiger partial charge in [-0.25, -0.2) is 0 Å². The van der Waals surface area contributed by atoms with Crippen LogP contribution in [0, 0.1) is 0 Å². The van der Waals surface area contributed by atoms with E-state index >= 15 is 0 Å². The Hall–Kier alpha value is -1.45. The summed E-state index contributed by atoms with van der Waals surface area (Å²) in [7, 11) is 0. The van der Waals surface area contributed by atoms with Gasteiger partial charge in [0.2, 0.25) is 0 Å². The first-order chi connectivity index (χ1) is 9.16. The summed E-state index contributed by atoms with van der Waals surface area (Å²) in [4.78, 5) is 6.88. The zero-order chi connectivity index (χ0) is 13.4. The van der Waals surface area contributed by atoms with Crippen molar-refractivity contribution in [1.29, 1.82) is 0 Å². The highest BCUT2D eigenvalue weighted by Gasteiger charge is 2.34. The number of hydrogen-bond donors (Lipinski definition) is 1. The van der Waals surface area contributed by atoms with Gasteiger partial charge in [0, 0.05) is 30.2 Å². The molecule has 3 rings (SSSR count). The van der Waals surface area contributed by atoms with E-state index < -0.39 is 0 Å². The maximum atomic E-state index is 6.33. The monoisotopic (exact) mass is 255 g/mol. The summed E-state index contributed by atoms with van der Waals surface area (Å²) in [6.07, 6.45) is 2.91. The highest BCUT2D eigenvalue weighted by molar-refractivity contribution is 5.79. The Labute approximate surface area is 114 Å². The number of benzene rings is 1. The van der Waals surface area contributed by atoms with Crippen LogP contribution in [0.25, 0.3) is 10.9 Å². The molecule has 1 fully saturated rings. The third-order valence-electron chi connectivity index (χ3n) is 4.12. The zero-order valence-corrected chi connectivity index (χ0v) is 11.6. The van der Waals surface area contributed by atoms with Crippen LogP contribution in [0.4, 0.5) is 0 Å². The van der Waals surface area contributed by atoms with Crippen molar-refractivity contribution in [2.75, 3.05) is 6.54 Å². The van der Waals surface area contributed by atoms with Gasteiger partial charge in [-0.2, -0.15) is 0 Å². The summed E-state index contributed by atoms with van der Waals surface area (Å²) in [6, 6.07) is 11.7. The van der Waals surface area contributed by atoms with Gasteiger partial charge >= 0.3 is 0 Å². The Morgan fingerprint density at radius 3 is 2.95 bits per heavy atom. The van der Waals surface area contributed by atoms with Crippen molar-refractivity contribution < 1.29 is 0 Å². The van der Waals surface area contributed by atoms with Gasteiger partial charge in [-0.3, -0.25) is 9.88 Å². The van der Waals surface area contributed by atoms with E-state index in [1.807, 2.05) is 12.3 Å². The van der Waals surface area contributed by atoms with Gasteiger partial charge in [0.05, 0.1) is 11.6 Å². The molecule has 2 unspecified atom stereocenters. The van der Waals surface area contributed by atoms with E-state index in [1.165, 1.54) is 10.9 Å². The van der Waals surface area contributed by atoms with Crippen molar-refractivity contribution in [3.05, 3.63) is 42.1 Å². The SMILES string of the molecule is CC(C)N1CCC(N)C1c1ccc2ncccc2c1. The smallest absolute Gasteiger partial charge is 0.0702 e. The van der Waals surface area contributed by atoms with Crippen molar-refractivity contribution in [2.45, 2.75) is 38.4 Å². The first-order valence-corrected chi connectivity index (χ1v) is 7.03. The van der Waals surface area contributed by atoms with E-state index in [4.69, 9.17) is 5.73 Å². The van der Waals surface area contributed by atoms with Crippen molar-refractivity contribution >= 4 is 10.9 Å². The molecule has 1 aliphatic heterocycles. The minimum Gasteiger partial charge on any atom is -0.326 e.